The number of pyridine rings is 1. The highest BCUT2D eigenvalue weighted by Crippen LogP contribution is 2.59. The second-order valence-corrected chi connectivity index (χ2v) is 9.88. The van der Waals surface area contributed by atoms with Gasteiger partial charge in [-0.3, -0.25) is 0 Å². The predicted molar refractivity (Wildman–Crippen MR) is 109 cm³/mol. The summed E-state index contributed by atoms with van der Waals surface area (Å²) < 4.78 is 0. The standard InChI is InChI=1S/C21H27BN4O2/c1-11(2)26-22(28)16-10-24-20-15(3-4-23-20)18(16)19(25-26)17-13-5-12-6-14(17)9-21(27,7-12)8-13/h3-4,10-14,17,27-28H,5-9H2,1-2H3,(H,23,24)/t12?,13-,14+,17?,21?. The Morgan fingerprint density at radius 2 is 2.00 bits per heavy atom. The van der Waals surface area contributed by atoms with Crippen LogP contribution in [0.25, 0.3) is 11.0 Å². The van der Waals surface area contributed by atoms with Crippen LogP contribution >= 0.6 is 0 Å². The monoisotopic (exact) mass is 378 g/mol. The van der Waals surface area contributed by atoms with E-state index < -0.39 is 12.7 Å². The van der Waals surface area contributed by atoms with Crippen molar-refractivity contribution in [2.75, 3.05) is 0 Å². The van der Waals surface area contributed by atoms with Crippen molar-refractivity contribution >= 4 is 29.3 Å². The minimum atomic E-state index is -0.772. The van der Waals surface area contributed by atoms with Gasteiger partial charge in [0.1, 0.15) is 5.65 Å². The minimum Gasteiger partial charge on any atom is -0.428 e. The Morgan fingerprint density at radius 1 is 1.25 bits per heavy atom. The highest BCUT2D eigenvalue weighted by Gasteiger charge is 2.57. The number of hydrogen-bond acceptors (Lipinski definition) is 5. The Kier molecular flexibility index (Phi) is 3.41. The molecule has 4 aliphatic carbocycles. The molecule has 7 rings (SSSR count). The number of nitrogens with zero attached hydrogens (tertiary/aromatic N) is 3. The quantitative estimate of drug-likeness (QED) is 0.697. The van der Waals surface area contributed by atoms with Gasteiger partial charge in [0, 0.05) is 40.8 Å². The molecule has 2 aromatic rings. The van der Waals surface area contributed by atoms with Crippen molar-refractivity contribution in [3.8, 4) is 0 Å². The minimum absolute atomic E-state index is 0.0982. The lowest BCUT2D eigenvalue weighted by Gasteiger charge is -2.58. The van der Waals surface area contributed by atoms with Crippen molar-refractivity contribution in [1.29, 1.82) is 0 Å². The van der Waals surface area contributed by atoms with Gasteiger partial charge in [-0.05, 0) is 69.8 Å². The first-order valence-corrected chi connectivity index (χ1v) is 10.7. The summed E-state index contributed by atoms with van der Waals surface area (Å²) in [6.45, 7) is 4.13. The van der Waals surface area contributed by atoms with Gasteiger partial charge in [0.15, 0.2) is 0 Å². The van der Waals surface area contributed by atoms with E-state index in [0.29, 0.717) is 23.7 Å². The molecule has 5 aliphatic rings. The molecule has 0 aromatic carbocycles. The van der Waals surface area contributed by atoms with E-state index in [1.807, 2.05) is 17.3 Å². The maximum atomic E-state index is 11.0. The molecule has 0 amide bonds. The highest BCUT2D eigenvalue weighted by atomic mass is 16.3. The first kappa shape index (κ1) is 17.0. The Balaban J connectivity index is 1.54. The third-order valence-corrected chi connectivity index (χ3v) is 7.71. The van der Waals surface area contributed by atoms with E-state index >= 15 is 0 Å². The fourth-order valence-corrected chi connectivity index (χ4v) is 6.94. The Morgan fingerprint density at radius 3 is 2.68 bits per heavy atom. The summed E-state index contributed by atoms with van der Waals surface area (Å²) in [6.07, 6.45) is 8.89. The zero-order valence-electron chi connectivity index (χ0n) is 16.5. The summed E-state index contributed by atoms with van der Waals surface area (Å²) in [4.78, 5) is 9.59. The van der Waals surface area contributed by atoms with Crippen LogP contribution < -0.4 is 5.46 Å². The molecular weight excluding hydrogens is 351 g/mol. The van der Waals surface area contributed by atoms with Crippen LogP contribution in [0.5, 0.6) is 0 Å². The second kappa shape index (κ2) is 5.60. The molecule has 3 unspecified atom stereocenters. The molecule has 6 nitrogen and oxygen atoms in total. The molecule has 0 radical (unpaired) electrons. The first-order chi connectivity index (χ1) is 13.4. The molecule has 3 N–H and O–H groups in total. The number of fused-ring (bicyclic) bond motifs is 3. The average Bonchev–Trinajstić information content (AvgIpc) is 3.10. The number of H-pyrrole nitrogens is 1. The van der Waals surface area contributed by atoms with Crippen LogP contribution in [0.2, 0.25) is 0 Å². The van der Waals surface area contributed by atoms with Gasteiger partial charge < -0.3 is 20.0 Å². The van der Waals surface area contributed by atoms with Crippen LogP contribution in [0.15, 0.2) is 23.6 Å². The highest BCUT2D eigenvalue weighted by molar-refractivity contribution is 6.66. The summed E-state index contributed by atoms with van der Waals surface area (Å²) in [5, 5.41) is 28.2. The van der Waals surface area contributed by atoms with E-state index in [4.69, 9.17) is 5.10 Å². The molecule has 4 bridgehead atoms. The summed E-state index contributed by atoms with van der Waals surface area (Å²) >= 11 is 0. The third kappa shape index (κ3) is 2.23. The van der Waals surface area contributed by atoms with Gasteiger partial charge in [-0.15, -0.1) is 0 Å². The number of aliphatic hydroxyl groups is 1. The van der Waals surface area contributed by atoms with Crippen molar-refractivity contribution in [3.63, 3.8) is 0 Å². The van der Waals surface area contributed by atoms with Gasteiger partial charge in [0.25, 0.3) is 0 Å². The molecule has 0 spiro atoms. The van der Waals surface area contributed by atoms with E-state index in [0.717, 1.165) is 47.0 Å². The molecule has 4 saturated carbocycles. The summed E-state index contributed by atoms with van der Waals surface area (Å²) in [7, 11) is -0.772. The maximum absolute atomic E-state index is 11.0. The molecule has 2 aromatic heterocycles. The molecule has 3 heterocycles. The average molecular weight is 378 g/mol. The fraction of sp³-hybridized carbons (Fsp3) is 0.619. The van der Waals surface area contributed by atoms with Crippen molar-refractivity contribution in [2.24, 2.45) is 28.8 Å². The Hall–Kier alpha value is -1.86. The summed E-state index contributed by atoms with van der Waals surface area (Å²) in [5.41, 5.74) is 3.43. The van der Waals surface area contributed by atoms with Crippen LogP contribution in [0, 0.1) is 23.7 Å². The van der Waals surface area contributed by atoms with Crippen LogP contribution in [-0.2, 0) is 0 Å². The fourth-order valence-electron chi connectivity index (χ4n) is 6.94. The SMILES string of the molecule is CC(C)N1N=C(C2[C@@H]3CC4C[C@H]2CC(O)(C4)C3)c2c(cnc3[nH]ccc23)B1O. The first-order valence-electron chi connectivity index (χ1n) is 10.7. The van der Waals surface area contributed by atoms with Gasteiger partial charge in [0.05, 0.1) is 11.3 Å². The summed E-state index contributed by atoms with van der Waals surface area (Å²) in [6, 6.07) is 2.15. The Labute approximate surface area is 165 Å². The lowest BCUT2D eigenvalue weighted by molar-refractivity contribution is -0.138. The van der Waals surface area contributed by atoms with Gasteiger partial charge in [0.2, 0.25) is 0 Å². The number of aromatic nitrogens is 2. The zero-order chi connectivity index (χ0) is 19.2. The van der Waals surface area contributed by atoms with Crippen LogP contribution in [0.4, 0.5) is 0 Å². The molecule has 7 heteroatoms. The molecular formula is C21H27BN4O2. The van der Waals surface area contributed by atoms with Crippen LogP contribution in [-0.4, -0.2) is 49.4 Å². The van der Waals surface area contributed by atoms with Gasteiger partial charge in [-0.25, -0.2) is 4.98 Å². The number of nitrogens with one attached hydrogen (secondary N) is 1. The van der Waals surface area contributed by atoms with Gasteiger partial charge in [-0.1, -0.05) is 0 Å². The zero-order valence-corrected chi connectivity index (χ0v) is 16.5. The lowest BCUT2D eigenvalue weighted by Crippen LogP contribution is -2.60. The van der Waals surface area contributed by atoms with E-state index in [-0.39, 0.29) is 6.04 Å². The normalized spacial score (nSPS) is 36.4. The van der Waals surface area contributed by atoms with E-state index in [1.165, 1.54) is 12.8 Å². The van der Waals surface area contributed by atoms with Crippen molar-refractivity contribution in [2.45, 2.75) is 57.6 Å². The van der Waals surface area contributed by atoms with E-state index in [1.54, 1.807) is 0 Å². The van der Waals surface area contributed by atoms with Crippen LogP contribution in [0.1, 0.15) is 51.5 Å². The molecule has 0 saturated heterocycles. The van der Waals surface area contributed by atoms with Gasteiger partial charge in [-0.2, -0.15) is 5.10 Å². The Bertz CT molecular complexity index is 970. The van der Waals surface area contributed by atoms with Crippen molar-refractivity contribution in [3.05, 3.63) is 24.0 Å². The van der Waals surface area contributed by atoms with Crippen molar-refractivity contribution in [1.82, 2.24) is 14.9 Å². The molecule has 146 valence electrons. The number of hydrogen-bond donors (Lipinski definition) is 3. The lowest BCUT2D eigenvalue weighted by atomic mass is 9.48. The molecule has 1 aliphatic heterocycles. The number of aromatic amines is 1. The number of hydrazone groups is 1. The van der Waals surface area contributed by atoms with E-state index in [9.17, 15) is 10.1 Å². The van der Waals surface area contributed by atoms with Gasteiger partial charge >= 0.3 is 7.05 Å². The smallest absolute Gasteiger partial charge is 0.428 e. The number of rotatable bonds is 2. The van der Waals surface area contributed by atoms with Crippen molar-refractivity contribution < 1.29 is 10.1 Å². The second-order valence-electron chi connectivity index (χ2n) is 9.88. The predicted octanol–water partition coefficient (Wildman–Crippen LogP) is 1.87. The topological polar surface area (TPSA) is 84.7 Å². The van der Waals surface area contributed by atoms with Crippen LogP contribution in [0.3, 0.4) is 0 Å². The molecule has 5 atom stereocenters. The van der Waals surface area contributed by atoms with E-state index in [2.05, 4.69) is 29.9 Å². The summed E-state index contributed by atoms with van der Waals surface area (Å²) in [5.74, 6) is 1.98. The maximum Gasteiger partial charge on any atom is 0.468 e. The largest absolute Gasteiger partial charge is 0.468 e. The molecule has 28 heavy (non-hydrogen) atoms. The third-order valence-electron chi connectivity index (χ3n) is 7.71. The molecule has 4 fully saturated rings.